The second-order valence-corrected chi connectivity index (χ2v) is 6.45. The molecule has 2 heterocycles. The minimum atomic E-state index is -0.902. The van der Waals surface area contributed by atoms with Gasteiger partial charge in [0.25, 0.3) is 5.91 Å². The summed E-state index contributed by atoms with van der Waals surface area (Å²) in [5.41, 5.74) is 1.78. The smallest absolute Gasteiger partial charge is 0.308 e. The van der Waals surface area contributed by atoms with Gasteiger partial charge in [-0.2, -0.15) is 0 Å². The molecule has 1 amide bonds. The van der Waals surface area contributed by atoms with Crippen LogP contribution in [0.15, 0.2) is 42.6 Å². The van der Waals surface area contributed by atoms with Gasteiger partial charge in [-0.05, 0) is 18.6 Å². The Balaban J connectivity index is 1.87. The molecule has 3 rings (SSSR count). The summed E-state index contributed by atoms with van der Waals surface area (Å²) < 4.78 is 1.62. The van der Waals surface area contributed by atoms with Gasteiger partial charge in [-0.25, -0.2) is 0 Å². The molecule has 0 bridgehead atoms. The van der Waals surface area contributed by atoms with Crippen molar-refractivity contribution in [3.05, 3.63) is 59.4 Å². The maximum atomic E-state index is 12.8. The third-order valence-electron chi connectivity index (χ3n) is 4.78. The molecule has 6 heteroatoms. The van der Waals surface area contributed by atoms with Crippen LogP contribution in [0.3, 0.4) is 0 Å². The van der Waals surface area contributed by atoms with Crippen molar-refractivity contribution in [2.75, 3.05) is 13.1 Å². The molecule has 2 atom stereocenters. The minimum Gasteiger partial charge on any atom is -0.481 e. The number of carboxylic acids is 1. The molecule has 2 aromatic rings. The molecule has 1 aromatic heterocycles. The van der Waals surface area contributed by atoms with Gasteiger partial charge in [-0.3, -0.25) is 14.4 Å². The lowest BCUT2D eigenvalue weighted by atomic mass is 9.89. The Morgan fingerprint density at radius 2 is 1.80 bits per heavy atom. The largest absolute Gasteiger partial charge is 0.481 e. The maximum absolute atomic E-state index is 12.8. The van der Waals surface area contributed by atoms with Crippen LogP contribution in [0.25, 0.3) is 0 Å². The molecule has 0 radical (unpaired) electrons. The van der Waals surface area contributed by atoms with Crippen molar-refractivity contribution in [1.82, 2.24) is 9.47 Å². The number of hydrogen-bond acceptors (Lipinski definition) is 3. The molecule has 0 saturated carbocycles. The van der Waals surface area contributed by atoms with E-state index < -0.39 is 11.9 Å². The number of nitrogens with zero attached hydrogens (tertiary/aromatic N) is 2. The van der Waals surface area contributed by atoms with E-state index >= 15 is 0 Å². The van der Waals surface area contributed by atoms with Gasteiger partial charge in [0, 0.05) is 37.8 Å². The normalized spacial score (nSPS) is 19.8. The Morgan fingerprint density at radius 3 is 2.36 bits per heavy atom. The van der Waals surface area contributed by atoms with E-state index in [2.05, 4.69) is 0 Å². The average Bonchev–Trinajstić information content (AvgIpc) is 3.19. The van der Waals surface area contributed by atoms with Gasteiger partial charge in [0.05, 0.1) is 5.92 Å². The number of carboxylic acid groups (broad SMARTS) is 1. The highest BCUT2D eigenvalue weighted by Gasteiger charge is 2.41. The molecule has 0 aliphatic carbocycles. The Labute approximate surface area is 145 Å². The SMILES string of the molecule is CC(=O)c1cc(C(=O)N2CC(C(=O)O)C(c3ccccc3)C2)n(C)c1. The van der Waals surface area contributed by atoms with Crippen molar-refractivity contribution in [1.29, 1.82) is 0 Å². The fourth-order valence-corrected chi connectivity index (χ4v) is 3.39. The highest BCUT2D eigenvalue weighted by atomic mass is 16.4. The second kappa shape index (κ2) is 6.55. The first-order valence-electron chi connectivity index (χ1n) is 8.12. The predicted molar refractivity (Wildman–Crippen MR) is 91.6 cm³/mol. The van der Waals surface area contributed by atoms with Gasteiger partial charge in [0.15, 0.2) is 5.78 Å². The minimum absolute atomic E-state index is 0.110. The molecule has 1 aliphatic heterocycles. The van der Waals surface area contributed by atoms with Crippen LogP contribution in [-0.2, 0) is 11.8 Å². The number of rotatable bonds is 4. The number of aliphatic carboxylic acids is 1. The third-order valence-corrected chi connectivity index (χ3v) is 4.78. The van der Waals surface area contributed by atoms with Crippen molar-refractivity contribution in [3.63, 3.8) is 0 Å². The van der Waals surface area contributed by atoms with E-state index in [1.165, 1.54) is 6.92 Å². The van der Waals surface area contributed by atoms with Crippen LogP contribution in [0, 0.1) is 5.92 Å². The van der Waals surface area contributed by atoms with Gasteiger partial charge >= 0.3 is 5.97 Å². The van der Waals surface area contributed by atoms with Gasteiger partial charge in [-0.15, -0.1) is 0 Å². The topological polar surface area (TPSA) is 79.6 Å². The predicted octanol–water partition coefficient (Wildman–Crippen LogP) is 2.17. The Bertz CT molecular complexity index is 825. The summed E-state index contributed by atoms with van der Waals surface area (Å²) in [7, 11) is 1.71. The van der Waals surface area contributed by atoms with Crippen molar-refractivity contribution in [3.8, 4) is 0 Å². The number of aromatic nitrogens is 1. The molecule has 130 valence electrons. The first kappa shape index (κ1) is 17.0. The number of carbonyl (C=O) groups is 3. The molecule has 25 heavy (non-hydrogen) atoms. The quantitative estimate of drug-likeness (QED) is 0.865. The molecule has 2 unspecified atom stereocenters. The molecule has 6 nitrogen and oxygen atoms in total. The summed E-state index contributed by atoms with van der Waals surface area (Å²) in [5.74, 6) is -2.14. The molecule has 1 fully saturated rings. The molecule has 0 spiro atoms. The number of likely N-dealkylation sites (tertiary alicyclic amines) is 1. The fraction of sp³-hybridized carbons (Fsp3) is 0.316. The fourth-order valence-electron chi connectivity index (χ4n) is 3.39. The second-order valence-electron chi connectivity index (χ2n) is 6.45. The summed E-state index contributed by atoms with van der Waals surface area (Å²) in [6.07, 6.45) is 1.62. The van der Waals surface area contributed by atoms with E-state index in [4.69, 9.17) is 0 Å². The molecule has 1 aliphatic rings. The van der Waals surface area contributed by atoms with Crippen molar-refractivity contribution >= 4 is 17.7 Å². The zero-order chi connectivity index (χ0) is 18.1. The van der Waals surface area contributed by atoms with Crippen molar-refractivity contribution < 1.29 is 19.5 Å². The molecular weight excluding hydrogens is 320 g/mol. The van der Waals surface area contributed by atoms with E-state index in [1.807, 2.05) is 30.3 Å². The summed E-state index contributed by atoms with van der Waals surface area (Å²) in [4.78, 5) is 37.6. The standard InChI is InChI=1S/C19H20N2O4/c1-12(22)14-8-17(20(2)9-14)18(23)21-10-15(16(11-21)19(24)25)13-6-4-3-5-7-13/h3-9,15-16H,10-11H2,1-2H3,(H,24,25). The lowest BCUT2D eigenvalue weighted by molar-refractivity contribution is -0.141. The number of aryl methyl sites for hydroxylation is 1. The van der Waals surface area contributed by atoms with Crippen LogP contribution in [-0.4, -0.2) is 45.3 Å². The first-order chi connectivity index (χ1) is 11.9. The summed E-state index contributed by atoms with van der Waals surface area (Å²) >= 11 is 0. The number of carbonyl (C=O) groups excluding carboxylic acids is 2. The van der Waals surface area contributed by atoms with E-state index in [1.54, 1.807) is 28.8 Å². The first-order valence-corrected chi connectivity index (χ1v) is 8.12. The Hall–Kier alpha value is -2.89. The number of Topliss-reactive ketones (excluding diaryl/α,β-unsaturated/α-hetero) is 1. The summed E-state index contributed by atoms with van der Waals surface area (Å²) in [6, 6.07) is 11.0. The number of hydrogen-bond donors (Lipinski definition) is 1. The third kappa shape index (κ3) is 3.20. The van der Waals surface area contributed by atoms with Crippen LogP contribution in [0.2, 0.25) is 0 Å². The maximum Gasteiger partial charge on any atom is 0.308 e. The van der Waals surface area contributed by atoms with Gasteiger partial charge in [0.2, 0.25) is 0 Å². The molecule has 1 N–H and O–H groups in total. The molecule has 1 saturated heterocycles. The van der Waals surface area contributed by atoms with Crippen molar-refractivity contribution in [2.45, 2.75) is 12.8 Å². The van der Waals surface area contributed by atoms with E-state index in [-0.39, 0.29) is 24.2 Å². The van der Waals surface area contributed by atoms with E-state index in [0.717, 1.165) is 5.56 Å². The van der Waals surface area contributed by atoms with Crippen molar-refractivity contribution in [2.24, 2.45) is 13.0 Å². The number of ketones is 1. The van der Waals surface area contributed by atoms with E-state index in [9.17, 15) is 19.5 Å². The monoisotopic (exact) mass is 340 g/mol. The molecular formula is C19H20N2O4. The van der Waals surface area contributed by atoms with Crippen LogP contribution in [0.1, 0.15) is 39.3 Å². The molecule has 1 aromatic carbocycles. The van der Waals surface area contributed by atoms with Gasteiger partial charge in [-0.1, -0.05) is 30.3 Å². The average molecular weight is 340 g/mol. The lowest BCUT2D eigenvalue weighted by Gasteiger charge is -2.17. The van der Waals surface area contributed by atoms with Crippen LogP contribution in [0.5, 0.6) is 0 Å². The highest BCUT2D eigenvalue weighted by Crippen LogP contribution is 2.33. The van der Waals surface area contributed by atoms with Gasteiger partial charge < -0.3 is 14.6 Å². The zero-order valence-corrected chi connectivity index (χ0v) is 14.2. The summed E-state index contributed by atoms with van der Waals surface area (Å²) in [5, 5.41) is 9.56. The van der Waals surface area contributed by atoms with Gasteiger partial charge in [0.1, 0.15) is 5.69 Å². The highest BCUT2D eigenvalue weighted by molar-refractivity contribution is 5.99. The van der Waals surface area contributed by atoms with Crippen LogP contribution >= 0.6 is 0 Å². The van der Waals surface area contributed by atoms with Crippen LogP contribution in [0.4, 0.5) is 0 Å². The summed E-state index contributed by atoms with van der Waals surface area (Å²) in [6.45, 7) is 1.96. The van der Waals surface area contributed by atoms with E-state index in [0.29, 0.717) is 17.8 Å². The lowest BCUT2D eigenvalue weighted by Crippen LogP contribution is -2.31. The number of amides is 1. The number of benzene rings is 1. The Morgan fingerprint density at radius 1 is 1.12 bits per heavy atom. The Kier molecular flexibility index (Phi) is 4.44. The van der Waals surface area contributed by atoms with Crippen LogP contribution < -0.4 is 0 Å². The zero-order valence-electron chi connectivity index (χ0n) is 14.2.